The van der Waals surface area contributed by atoms with E-state index in [-0.39, 0.29) is 24.9 Å². The first-order valence-corrected chi connectivity index (χ1v) is 6.03. The Kier molecular flexibility index (Phi) is 5.11. The van der Waals surface area contributed by atoms with Crippen LogP contribution in [-0.2, 0) is 6.42 Å². The number of benzene rings is 1. The Morgan fingerprint density at radius 1 is 1.28 bits per heavy atom. The van der Waals surface area contributed by atoms with E-state index >= 15 is 0 Å². The molecule has 0 aliphatic heterocycles. The van der Waals surface area contributed by atoms with Gasteiger partial charge in [0.15, 0.2) is 11.6 Å². The van der Waals surface area contributed by atoms with Gasteiger partial charge in [-0.05, 0) is 30.0 Å². The van der Waals surface area contributed by atoms with Crippen LogP contribution in [0.25, 0.3) is 0 Å². The average Bonchev–Trinajstić information content (AvgIpc) is 2.36. The van der Waals surface area contributed by atoms with Crippen molar-refractivity contribution in [2.75, 3.05) is 20.3 Å². The molecule has 0 aromatic heterocycles. The molecule has 0 aliphatic carbocycles. The molecule has 18 heavy (non-hydrogen) atoms. The van der Waals surface area contributed by atoms with Gasteiger partial charge in [-0.25, -0.2) is 4.39 Å². The zero-order valence-corrected chi connectivity index (χ0v) is 11.1. The standard InChI is InChI=1S/C14H21FO3/c1-10(2)14(8-16,9-17)7-11-4-5-13(18-3)12(15)6-11/h4-6,10,16-17H,7-9H2,1-3H3. The molecule has 4 heteroatoms. The van der Waals surface area contributed by atoms with E-state index in [1.807, 2.05) is 13.8 Å². The molecule has 0 unspecified atom stereocenters. The fourth-order valence-electron chi connectivity index (χ4n) is 1.96. The molecule has 0 saturated heterocycles. The smallest absolute Gasteiger partial charge is 0.165 e. The predicted molar refractivity (Wildman–Crippen MR) is 68.1 cm³/mol. The van der Waals surface area contributed by atoms with Crippen LogP contribution in [0, 0.1) is 17.2 Å². The molecule has 0 radical (unpaired) electrons. The Bertz CT molecular complexity index is 387. The highest BCUT2D eigenvalue weighted by Crippen LogP contribution is 2.32. The highest BCUT2D eigenvalue weighted by molar-refractivity contribution is 5.30. The van der Waals surface area contributed by atoms with E-state index in [0.29, 0.717) is 6.42 Å². The van der Waals surface area contributed by atoms with Crippen molar-refractivity contribution in [2.24, 2.45) is 11.3 Å². The Hall–Kier alpha value is -1.13. The molecule has 0 atom stereocenters. The number of aliphatic hydroxyl groups is 2. The molecule has 0 fully saturated rings. The van der Waals surface area contributed by atoms with E-state index in [1.165, 1.54) is 13.2 Å². The first-order valence-electron chi connectivity index (χ1n) is 6.03. The van der Waals surface area contributed by atoms with Crippen LogP contribution in [0.3, 0.4) is 0 Å². The molecule has 0 spiro atoms. The van der Waals surface area contributed by atoms with E-state index in [4.69, 9.17) is 4.74 Å². The zero-order chi connectivity index (χ0) is 13.8. The topological polar surface area (TPSA) is 49.7 Å². The lowest BCUT2D eigenvalue weighted by Crippen LogP contribution is -2.37. The summed E-state index contributed by atoms with van der Waals surface area (Å²) in [5, 5.41) is 19.0. The van der Waals surface area contributed by atoms with E-state index in [2.05, 4.69) is 0 Å². The van der Waals surface area contributed by atoms with Gasteiger partial charge >= 0.3 is 0 Å². The molecule has 0 amide bonds. The minimum absolute atomic E-state index is 0.0951. The monoisotopic (exact) mass is 256 g/mol. The Balaban J connectivity index is 2.98. The fourth-order valence-corrected chi connectivity index (χ4v) is 1.96. The van der Waals surface area contributed by atoms with Crippen LogP contribution in [0.1, 0.15) is 19.4 Å². The lowest BCUT2D eigenvalue weighted by molar-refractivity contribution is 0.0162. The van der Waals surface area contributed by atoms with Crippen molar-refractivity contribution in [2.45, 2.75) is 20.3 Å². The highest BCUT2D eigenvalue weighted by atomic mass is 19.1. The quantitative estimate of drug-likeness (QED) is 0.818. The second-order valence-corrected chi connectivity index (χ2v) is 4.98. The second-order valence-electron chi connectivity index (χ2n) is 4.98. The summed E-state index contributed by atoms with van der Waals surface area (Å²) in [4.78, 5) is 0. The van der Waals surface area contributed by atoms with E-state index in [0.717, 1.165) is 5.56 Å². The van der Waals surface area contributed by atoms with Crippen LogP contribution in [0.4, 0.5) is 4.39 Å². The van der Waals surface area contributed by atoms with Crippen LogP contribution < -0.4 is 4.74 Å². The van der Waals surface area contributed by atoms with Crippen molar-refractivity contribution >= 4 is 0 Å². The molecule has 0 aliphatic rings. The minimum atomic E-state index is -0.624. The Morgan fingerprint density at radius 3 is 2.28 bits per heavy atom. The van der Waals surface area contributed by atoms with Crippen molar-refractivity contribution in [1.82, 2.24) is 0 Å². The Labute approximate surface area is 107 Å². The fraction of sp³-hybridized carbons (Fsp3) is 0.571. The molecule has 3 nitrogen and oxygen atoms in total. The van der Waals surface area contributed by atoms with Crippen molar-refractivity contribution in [3.8, 4) is 5.75 Å². The normalized spacial score (nSPS) is 11.9. The number of ether oxygens (including phenoxy) is 1. The van der Waals surface area contributed by atoms with Gasteiger partial charge in [0.05, 0.1) is 20.3 Å². The zero-order valence-electron chi connectivity index (χ0n) is 11.1. The van der Waals surface area contributed by atoms with Gasteiger partial charge in [-0.3, -0.25) is 0 Å². The van der Waals surface area contributed by atoms with E-state index in [9.17, 15) is 14.6 Å². The van der Waals surface area contributed by atoms with Crippen LogP contribution in [-0.4, -0.2) is 30.5 Å². The van der Waals surface area contributed by atoms with E-state index < -0.39 is 11.2 Å². The summed E-state index contributed by atoms with van der Waals surface area (Å²) in [5.41, 5.74) is 0.117. The van der Waals surface area contributed by atoms with Crippen molar-refractivity contribution in [1.29, 1.82) is 0 Å². The maximum absolute atomic E-state index is 13.6. The van der Waals surface area contributed by atoms with Gasteiger partial charge in [-0.2, -0.15) is 0 Å². The summed E-state index contributed by atoms with van der Waals surface area (Å²) >= 11 is 0. The number of methoxy groups -OCH3 is 1. The SMILES string of the molecule is COc1ccc(CC(CO)(CO)C(C)C)cc1F. The third kappa shape index (κ3) is 3.00. The first kappa shape index (κ1) is 14.9. The van der Waals surface area contributed by atoms with Gasteiger partial charge in [0.2, 0.25) is 0 Å². The maximum atomic E-state index is 13.6. The van der Waals surface area contributed by atoms with Crippen molar-refractivity contribution in [3.05, 3.63) is 29.6 Å². The molecule has 0 heterocycles. The molecular weight excluding hydrogens is 235 g/mol. The molecular formula is C14H21FO3. The van der Waals surface area contributed by atoms with Gasteiger partial charge < -0.3 is 14.9 Å². The maximum Gasteiger partial charge on any atom is 0.165 e. The molecule has 1 aromatic rings. The predicted octanol–water partition coefficient (Wildman–Crippen LogP) is 2.00. The molecule has 2 N–H and O–H groups in total. The lowest BCUT2D eigenvalue weighted by Gasteiger charge is -2.34. The molecule has 102 valence electrons. The third-order valence-corrected chi connectivity index (χ3v) is 3.63. The second kappa shape index (κ2) is 6.16. The summed E-state index contributed by atoms with van der Waals surface area (Å²) < 4.78 is 18.4. The van der Waals surface area contributed by atoms with Crippen LogP contribution >= 0.6 is 0 Å². The Morgan fingerprint density at radius 2 is 1.89 bits per heavy atom. The molecule has 1 aromatic carbocycles. The molecule has 0 saturated carbocycles. The average molecular weight is 256 g/mol. The van der Waals surface area contributed by atoms with Gasteiger partial charge in [0.25, 0.3) is 0 Å². The van der Waals surface area contributed by atoms with Crippen molar-refractivity contribution in [3.63, 3.8) is 0 Å². The highest BCUT2D eigenvalue weighted by Gasteiger charge is 2.33. The largest absolute Gasteiger partial charge is 0.494 e. The lowest BCUT2D eigenvalue weighted by atomic mass is 9.74. The van der Waals surface area contributed by atoms with Gasteiger partial charge in [0, 0.05) is 5.41 Å². The van der Waals surface area contributed by atoms with Crippen molar-refractivity contribution < 1.29 is 19.3 Å². The van der Waals surface area contributed by atoms with Crippen LogP contribution in [0.2, 0.25) is 0 Å². The number of hydrogen-bond acceptors (Lipinski definition) is 3. The minimum Gasteiger partial charge on any atom is -0.494 e. The molecule has 1 rings (SSSR count). The summed E-state index contributed by atoms with van der Waals surface area (Å²) in [6.45, 7) is 3.61. The molecule has 0 bridgehead atoms. The number of hydrogen-bond donors (Lipinski definition) is 2. The van der Waals surface area contributed by atoms with Crippen LogP contribution in [0.15, 0.2) is 18.2 Å². The summed E-state index contributed by atoms with van der Waals surface area (Å²) in [6.07, 6.45) is 0.429. The van der Waals surface area contributed by atoms with Gasteiger partial charge in [-0.1, -0.05) is 19.9 Å². The first-order chi connectivity index (χ1) is 8.49. The summed E-state index contributed by atoms with van der Waals surface area (Å²) in [5.74, 6) is -0.136. The number of halogens is 1. The number of aliphatic hydroxyl groups excluding tert-OH is 2. The van der Waals surface area contributed by atoms with Crippen LogP contribution in [0.5, 0.6) is 5.75 Å². The van der Waals surface area contributed by atoms with Gasteiger partial charge in [0.1, 0.15) is 0 Å². The summed E-state index contributed by atoms with van der Waals surface area (Å²) in [7, 11) is 1.41. The van der Waals surface area contributed by atoms with E-state index in [1.54, 1.807) is 12.1 Å². The number of rotatable bonds is 6. The van der Waals surface area contributed by atoms with Gasteiger partial charge in [-0.15, -0.1) is 0 Å². The summed E-state index contributed by atoms with van der Waals surface area (Å²) in [6, 6.07) is 4.70. The third-order valence-electron chi connectivity index (χ3n) is 3.63.